The van der Waals surface area contributed by atoms with Gasteiger partial charge in [-0.3, -0.25) is 4.79 Å². The van der Waals surface area contributed by atoms with Gasteiger partial charge in [-0.2, -0.15) is 0 Å². The minimum atomic E-state index is -0.111. The molecule has 1 aliphatic heterocycles. The van der Waals surface area contributed by atoms with Crippen molar-refractivity contribution < 1.29 is 14.3 Å². The maximum absolute atomic E-state index is 12.7. The fourth-order valence-electron chi connectivity index (χ4n) is 3.87. The molecule has 1 aliphatic rings. The number of aryl methyl sites for hydroxylation is 1. The second-order valence-corrected chi connectivity index (χ2v) is 7.58. The van der Waals surface area contributed by atoms with Crippen molar-refractivity contribution in [1.82, 2.24) is 14.9 Å². The smallest absolute Gasteiger partial charge is 0.251 e. The van der Waals surface area contributed by atoms with E-state index in [1.54, 1.807) is 7.11 Å². The van der Waals surface area contributed by atoms with E-state index in [0.29, 0.717) is 36.1 Å². The summed E-state index contributed by atoms with van der Waals surface area (Å²) in [5.74, 6) is 3.04. The van der Waals surface area contributed by atoms with Crippen LogP contribution in [0.2, 0.25) is 0 Å². The quantitative estimate of drug-likeness (QED) is 0.689. The second-order valence-electron chi connectivity index (χ2n) is 7.58. The van der Waals surface area contributed by atoms with Crippen LogP contribution in [-0.2, 0) is 19.5 Å². The first-order valence-electron chi connectivity index (χ1n) is 10.2. The highest BCUT2D eigenvalue weighted by atomic mass is 16.5. The standard InChI is InChI=1S/C23H27N3O3/c1-4-29-21-12-16(5-8-20(21)28-3)14-24-23(27)17-6-7-19-18(13-17)25-22-11-15(2)9-10-26(19)22/h5-8,12-13,15H,4,9-11,14H2,1-3H3,(H,24,27). The van der Waals surface area contributed by atoms with Crippen molar-refractivity contribution in [3.8, 4) is 11.5 Å². The Balaban J connectivity index is 1.49. The Labute approximate surface area is 170 Å². The van der Waals surface area contributed by atoms with Gasteiger partial charge in [-0.1, -0.05) is 13.0 Å². The highest BCUT2D eigenvalue weighted by molar-refractivity contribution is 5.97. The summed E-state index contributed by atoms with van der Waals surface area (Å²) in [6.45, 7) is 6.16. The summed E-state index contributed by atoms with van der Waals surface area (Å²) in [6.07, 6.45) is 2.17. The number of rotatable bonds is 6. The predicted molar refractivity (Wildman–Crippen MR) is 113 cm³/mol. The normalized spacial score (nSPS) is 15.8. The summed E-state index contributed by atoms with van der Waals surface area (Å²) < 4.78 is 13.2. The van der Waals surface area contributed by atoms with Crippen LogP contribution in [0.3, 0.4) is 0 Å². The van der Waals surface area contributed by atoms with E-state index < -0.39 is 0 Å². The van der Waals surface area contributed by atoms with Crippen LogP contribution in [0.4, 0.5) is 0 Å². The third-order valence-electron chi connectivity index (χ3n) is 5.45. The third kappa shape index (κ3) is 3.92. The van der Waals surface area contributed by atoms with Gasteiger partial charge in [0.2, 0.25) is 0 Å². The Hall–Kier alpha value is -3.02. The number of ether oxygens (including phenoxy) is 2. The summed E-state index contributed by atoms with van der Waals surface area (Å²) in [6, 6.07) is 11.5. The molecule has 0 saturated carbocycles. The molecule has 1 N–H and O–H groups in total. The second kappa shape index (κ2) is 8.15. The Kier molecular flexibility index (Phi) is 5.43. The molecule has 0 bridgehead atoms. The van der Waals surface area contributed by atoms with E-state index in [1.807, 2.05) is 43.3 Å². The van der Waals surface area contributed by atoms with E-state index >= 15 is 0 Å². The molecule has 6 nitrogen and oxygen atoms in total. The molecule has 152 valence electrons. The highest BCUT2D eigenvalue weighted by Crippen LogP contribution is 2.28. The summed E-state index contributed by atoms with van der Waals surface area (Å²) in [4.78, 5) is 17.5. The molecular formula is C23H27N3O3. The molecule has 0 spiro atoms. The molecule has 4 rings (SSSR count). The van der Waals surface area contributed by atoms with Gasteiger partial charge in [-0.15, -0.1) is 0 Å². The Bertz CT molecular complexity index is 1040. The van der Waals surface area contributed by atoms with Crippen LogP contribution in [0.15, 0.2) is 36.4 Å². The molecule has 0 radical (unpaired) electrons. The van der Waals surface area contributed by atoms with Gasteiger partial charge in [-0.05, 0) is 55.2 Å². The monoisotopic (exact) mass is 393 g/mol. The molecule has 0 saturated heterocycles. The Morgan fingerprint density at radius 3 is 2.90 bits per heavy atom. The number of hydrogen-bond donors (Lipinski definition) is 1. The average molecular weight is 393 g/mol. The van der Waals surface area contributed by atoms with Gasteiger partial charge in [0.05, 0.1) is 24.8 Å². The molecule has 0 aliphatic carbocycles. The highest BCUT2D eigenvalue weighted by Gasteiger charge is 2.20. The molecule has 6 heteroatoms. The van der Waals surface area contributed by atoms with Gasteiger partial charge < -0.3 is 19.4 Å². The van der Waals surface area contributed by atoms with Crippen molar-refractivity contribution in [2.45, 2.75) is 39.8 Å². The van der Waals surface area contributed by atoms with Gasteiger partial charge >= 0.3 is 0 Å². The molecule has 1 amide bonds. The molecule has 2 aromatic carbocycles. The van der Waals surface area contributed by atoms with Crippen molar-refractivity contribution in [2.24, 2.45) is 5.92 Å². The first-order valence-corrected chi connectivity index (χ1v) is 10.2. The summed E-state index contributed by atoms with van der Waals surface area (Å²) in [5, 5.41) is 2.99. The number of amides is 1. The van der Waals surface area contributed by atoms with Gasteiger partial charge in [0.1, 0.15) is 5.82 Å². The van der Waals surface area contributed by atoms with E-state index in [2.05, 4.69) is 16.8 Å². The van der Waals surface area contributed by atoms with Gasteiger partial charge in [-0.25, -0.2) is 4.98 Å². The molecule has 29 heavy (non-hydrogen) atoms. The Morgan fingerprint density at radius 2 is 2.10 bits per heavy atom. The van der Waals surface area contributed by atoms with Crippen LogP contribution in [0.5, 0.6) is 11.5 Å². The molecule has 1 unspecified atom stereocenters. The van der Waals surface area contributed by atoms with Gasteiger partial charge in [0.25, 0.3) is 5.91 Å². The first-order chi connectivity index (χ1) is 14.1. The van der Waals surface area contributed by atoms with Crippen molar-refractivity contribution in [3.63, 3.8) is 0 Å². The number of imidazole rings is 1. The lowest BCUT2D eigenvalue weighted by Crippen LogP contribution is -2.22. The minimum Gasteiger partial charge on any atom is -0.493 e. The topological polar surface area (TPSA) is 65.4 Å². The molecule has 3 aromatic rings. The van der Waals surface area contributed by atoms with Gasteiger partial charge in [0, 0.05) is 25.1 Å². The lowest BCUT2D eigenvalue weighted by atomic mass is 10.0. The van der Waals surface area contributed by atoms with Gasteiger partial charge in [0.15, 0.2) is 11.5 Å². The summed E-state index contributed by atoms with van der Waals surface area (Å²) >= 11 is 0. The fourth-order valence-corrected chi connectivity index (χ4v) is 3.87. The zero-order valence-electron chi connectivity index (χ0n) is 17.2. The number of carbonyl (C=O) groups is 1. The van der Waals surface area contributed by atoms with E-state index in [4.69, 9.17) is 14.5 Å². The maximum Gasteiger partial charge on any atom is 0.251 e. The molecule has 1 aromatic heterocycles. The van der Waals surface area contributed by atoms with Crippen LogP contribution in [0, 0.1) is 5.92 Å². The SMILES string of the molecule is CCOc1cc(CNC(=O)c2ccc3c(c2)nc2n3CCC(C)C2)ccc1OC. The lowest BCUT2D eigenvalue weighted by Gasteiger charge is -2.20. The number of carbonyl (C=O) groups excluding carboxylic acids is 1. The molecule has 0 fully saturated rings. The number of hydrogen-bond acceptors (Lipinski definition) is 4. The van der Waals surface area contributed by atoms with Crippen LogP contribution in [0.1, 0.15) is 42.0 Å². The van der Waals surface area contributed by atoms with Crippen LogP contribution < -0.4 is 14.8 Å². The number of methoxy groups -OCH3 is 1. The van der Waals surface area contributed by atoms with Crippen LogP contribution in [-0.4, -0.2) is 29.2 Å². The first kappa shape index (κ1) is 19.3. The fraction of sp³-hybridized carbons (Fsp3) is 0.391. The zero-order valence-corrected chi connectivity index (χ0v) is 17.2. The van der Waals surface area contributed by atoms with Crippen molar-refractivity contribution in [1.29, 1.82) is 0 Å². The van der Waals surface area contributed by atoms with Crippen molar-refractivity contribution in [3.05, 3.63) is 53.3 Å². The van der Waals surface area contributed by atoms with Crippen molar-refractivity contribution in [2.75, 3.05) is 13.7 Å². The maximum atomic E-state index is 12.7. The number of nitrogens with zero attached hydrogens (tertiary/aromatic N) is 2. The summed E-state index contributed by atoms with van der Waals surface area (Å²) in [5.41, 5.74) is 3.58. The van der Waals surface area contributed by atoms with E-state index in [0.717, 1.165) is 35.4 Å². The van der Waals surface area contributed by atoms with E-state index in [9.17, 15) is 4.79 Å². The third-order valence-corrected chi connectivity index (χ3v) is 5.45. The number of benzene rings is 2. The number of fused-ring (bicyclic) bond motifs is 3. The van der Waals surface area contributed by atoms with E-state index in [-0.39, 0.29) is 5.91 Å². The minimum absolute atomic E-state index is 0.111. The predicted octanol–water partition coefficient (Wildman–Crippen LogP) is 3.96. The molecule has 1 atom stereocenters. The average Bonchev–Trinajstić information content (AvgIpc) is 3.09. The largest absolute Gasteiger partial charge is 0.493 e. The van der Waals surface area contributed by atoms with Crippen molar-refractivity contribution >= 4 is 16.9 Å². The number of nitrogens with one attached hydrogen (secondary N) is 1. The van der Waals surface area contributed by atoms with Crippen LogP contribution >= 0.6 is 0 Å². The number of aromatic nitrogens is 2. The Morgan fingerprint density at radius 1 is 1.24 bits per heavy atom. The summed E-state index contributed by atoms with van der Waals surface area (Å²) in [7, 11) is 1.61. The van der Waals surface area contributed by atoms with E-state index in [1.165, 1.54) is 6.42 Å². The molecule has 2 heterocycles. The lowest BCUT2D eigenvalue weighted by molar-refractivity contribution is 0.0951. The molecular weight excluding hydrogens is 366 g/mol. The zero-order chi connectivity index (χ0) is 20.4. The van der Waals surface area contributed by atoms with Crippen LogP contribution in [0.25, 0.3) is 11.0 Å².